The Morgan fingerprint density at radius 3 is 2.62 bits per heavy atom. The summed E-state index contributed by atoms with van der Waals surface area (Å²) < 4.78 is 10.8. The maximum absolute atomic E-state index is 5.51. The first kappa shape index (κ1) is 10.9. The van der Waals surface area contributed by atoms with Gasteiger partial charge in [0.2, 0.25) is 11.8 Å². The van der Waals surface area contributed by atoms with Crippen molar-refractivity contribution in [3.8, 4) is 0 Å². The van der Waals surface area contributed by atoms with Gasteiger partial charge >= 0.3 is 0 Å². The van der Waals surface area contributed by atoms with E-state index in [0.29, 0.717) is 18.3 Å². The smallest absolute Gasteiger partial charge is 0.230 e. The number of hydrogen-bond acceptors (Lipinski definition) is 5. The number of nitrogens with zero attached hydrogens (tertiary/aromatic N) is 2. The van der Waals surface area contributed by atoms with Crippen LogP contribution in [0, 0.1) is 13.8 Å². The molecule has 0 aromatic carbocycles. The molecule has 16 heavy (non-hydrogen) atoms. The van der Waals surface area contributed by atoms with Crippen LogP contribution in [0.1, 0.15) is 36.3 Å². The molecule has 0 radical (unpaired) electrons. The zero-order chi connectivity index (χ0) is 11.5. The molecule has 2 rings (SSSR count). The topological polar surface area (TPSA) is 64.1 Å². The van der Waals surface area contributed by atoms with E-state index in [-0.39, 0.29) is 6.04 Å². The van der Waals surface area contributed by atoms with Gasteiger partial charge in [0.1, 0.15) is 11.5 Å². The van der Waals surface area contributed by atoms with E-state index in [9.17, 15) is 0 Å². The molecule has 5 heteroatoms. The van der Waals surface area contributed by atoms with Crippen LogP contribution in [0.15, 0.2) is 21.0 Å². The van der Waals surface area contributed by atoms with Crippen LogP contribution in [0.5, 0.6) is 0 Å². The molecule has 0 saturated carbocycles. The summed E-state index contributed by atoms with van der Waals surface area (Å²) in [6, 6.07) is 4.04. The van der Waals surface area contributed by atoms with Crippen molar-refractivity contribution in [2.45, 2.75) is 33.4 Å². The number of furan rings is 1. The monoisotopic (exact) mass is 221 g/mol. The fraction of sp³-hybridized carbons (Fsp3) is 0.455. The van der Waals surface area contributed by atoms with Crippen LogP contribution < -0.4 is 5.32 Å². The lowest BCUT2D eigenvalue weighted by molar-refractivity contribution is 0.388. The summed E-state index contributed by atoms with van der Waals surface area (Å²) in [7, 11) is 0. The molecule has 0 aliphatic heterocycles. The minimum atomic E-state index is 0.126. The van der Waals surface area contributed by atoms with Gasteiger partial charge in [-0.15, -0.1) is 10.2 Å². The third-order valence-corrected chi connectivity index (χ3v) is 2.32. The van der Waals surface area contributed by atoms with Crippen LogP contribution in [-0.4, -0.2) is 10.2 Å². The number of rotatable bonds is 4. The Kier molecular flexibility index (Phi) is 3.05. The normalized spacial score (nSPS) is 12.9. The number of hydrogen-bond donors (Lipinski definition) is 1. The van der Waals surface area contributed by atoms with Crippen LogP contribution in [0.25, 0.3) is 0 Å². The quantitative estimate of drug-likeness (QED) is 0.856. The second kappa shape index (κ2) is 4.49. The standard InChI is InChI=1S/C11H15N3O2/c1-7-4-5-10(15-7)8(2)12-6-11-14-13-9(3)16-11/h4-5,8,12H,6H2,1-3H3. The van der Waals surface area contributed by atoms with Crippen molar-refractivity contribution in [2.75, 3.05) is 0 Å². The summed E-state index contributed by atoms with van der Waals surface area (Å²) in [6.45, 7) is 6.27. The molecule has 2 heterocycles. The summed E-state index contributed by atoms with van der Waals surface area (Å²) in [6.07, 6.45) is 0. The van der Waals surface area contributed by atoms with Gasteiger partial charge in [0.25, 0.3) is 0 Å². The van der Waals surface area contributed by atoms with Crippen LogP contribution in [0.2, 0.25) is 0 Å². The van der Waals surface area contributed by atoms with Crippen molar-refractivity contribution in [2.24, 2.45) is 0 Å². The third kappa shape index (κ3) is 2.49. The van der Waals surface area contributed by atoms with Gasteiger partial charge in [-0.05, 0) is 26.0 Å². The van der Waals surface area contributed by atoms with Crippen LogP contribution in [0.3, 0.4) is 0 Å². The highest BCUT2D eigenvalue weighted by molar-refractivity contribution is 5.08. The Morgan fingerprint density at radius 1 is 1.25 bits per heavy atom. The van der Waals surface area contributed by atoms with E-state index in [0.717, 1.165) is 11.5 Å². The van der Waals surface area contributed by atoms with Gasteiger partial charge in [-0.1, -0.05) is 0 Å². The van der Waals surface area contributed by atoms with E-state index in [1.54, 1.807) is 6.92 Å². The average molecular weight is 221 g/mol. The second-order valence-electron chi connectivity index (χ2n) is 3.77. The first-order chi connectivity index (χ1) is 7.65. The van der Waals surface area contributed by atoms with Gasteiger partial charge in [0.15, 0.2) is 0 Å². The highest BCUT2D eigenvalue weighted by atomic mass is 16.4. The van der Waals surface area contributed by atoms with Crippen molar-refractivity contribution < 1.29 is 8.83 Å². The van der Waals surface area contributed by atoms with Gasteiger partial charge in [-0.25, -0.2) is 0 Å². The molecular weight excluding hydrogens is 206 g/mol. The van der Waals surface area contributed by atoms with Gasteiger partial charge in [0.05, 0.1) is 12.6 Å². The summed E-state index contributed by atoms with van der Waals surface area (Å²) in [4.78, 5) is 0. The molecule has 0 fully saturated rings. The van der Waals surface area contributed by atoms with Gasteiger partial charge in [-0.3, -0.25) is 5.32 Å². The Hall–Kier alpha value is -1.62. The molecule has 0 saturated heterocycles. The van der Waals surface area contributed by atoms with Crippen molar-refractivity contribution in [1.82, 2.24) is 15.5 Å². The third-order valence-electron chi connectivity index (χ3n) is 2.32. The largest absolute Gasteiger partial charge is 0.465 e. The Morgan fingerprint density at radius 2 is 2.06 bits per heavy atom. The van der Waals surface area contributed by atoms with Crippen LogP contribution in [-0.2, 0) is 6.54 Å². The molecular formula is C11H15N3O2. The molecule has 0 amide bonds. The predicted octanol–water partition coefficient (Wildman–Crippen LogP) is 2.13. The molecule has 86 valence electrons. The summed E-state index contributed by atoms with van der Waals surface area (Å²) in [5, 5.41) is 10.9. The molecule has 2 aromatic heterocycles. The van der Waals surface area contributed by atoms with E-state index in [2.05, 4.69) is 15.5 Å². The van der Waals surface area contributed by atoms with E-state index < -0.39 is 0 Å². The first-order valence-electron chi connectivity index (χ1n) is 5.24. The van der Waals surface area contributed by atoms with Crippen molar-refractivity contribution in [3.05, 3.63) is 35.4 Å². The molecule has 1 unspecified atom stereocenters. The lowest BCUT2D eigenvalue weighted by atomic mass is 10.2. The fourth-order valence-corrected chi connectivity index (χ4v) is 1.44. The zero-order valence-electron chi connectivity index (χ0n) is 9.65. The van der Waals surface area contributed by atoms with Crippen molar-refractivity contribution >= 4 is 0 Å². The second-order valence-corrected chi connectivity index (χ2v) is 3.77. The minimum absolute atomic E-state index is 0.126. The van der Waals surface area contributed by atoms with E-state index >= 15 is 0 Å². The molecule has 0 spiro atoms. The molecule has 0 aliphatic carbocycles. The van der Waals surface area contributed by atoms with Gasteiger partial charge in [-0.2, -0.15) is 0 Å². The van der Waals surface area contributed by atoms with Gasteiger partial charge < -0.3 is 8.83 Å². The first-order valence-corrected chi connectivity index (χ1v) is 5.24. The number of nitrogens with one attached hydrogen (secondary N) is 1. The molecule has 0 bridgehead atoms. The highest BCUT2D eigenvalue weighted by Gasteiger charge is 2.10. The Labute approximate surface area is 93.9 Å². The molecule has 2 aromatic rings. The molecule has 1 atom stereocenters. The van der Waals surface area contributed by atoms with Crippen LogP contribution >= 0.6 is 0 Å². The molecule has 1 N–H and O–H groups in total. The van der Waals surface area contributed by atoms with Crippen LogP contribution in [0.4, 0.5) is 0 Å². The Bertz CT molecular complexity index is 461. The summed E-state index contributed by atoms with van der Waals surface area (Å²) in [5.41, 5.74) is 0. The fourth-order valence-electron chi connectivity index (χ4n) is 1.44. The van der Waals surface area contributed by atoms with Gasteiger partial charge in [0, 0.05) is 6.92 Å². The van der Waals surface area contributed by atoms with E-state index in [1.165, 1.54) is 0 Å². The zero-order valence-corrected chi connectivity index (χ0v) is 9.65. The molecule has 5 nitrogen and oxygen atoms in total. The summed E-state index contributed by atoms with van der Waals surface area (Å²) >= 11 is 0. The Balaban J connectivity index is 1.91. The number of aromatic nitrogens is 2. The van der Waals surface area contributed by atoms with Crippen molar-refractivity contribution in [3.63, 3.8) is 0 Å². The average Bonchev–Trinajstić information content (AvgIpc) is 2.84. The SMILES string of the molecule is Cc1ccc(C(C)NCc2nnc(C)o2)o1. The minimum Gasteiger partial charge on any atom is -0.465 e. The highest BCUT2D eigenvalue weighted by Crippen LogP contribution is 2.15. The van der Waals surface area contributed by atoms with Crippen molar-refractivity contribution in [1.29, 1.82) is 0 Å². The lowest BCUT2D eigenvalue weighted by Gasteiger charge is -2.08. The maximum Gasteiger partial charge on any atom is 0.230 e. The molecule has 0 aliphatic rings. The number of aryl methyl sites for hydroxylation is 2. The predicted molar refractivity (Wildman–Crippen MR) is 57.7 cm³/mol. The van der Waals surface area contributed by atoms with E-state index in [4.69, 9.17) is 8.83 Å². The van der Waals surface area contributed by atoms with E-state index in [1.807, 2.05) is 26.0 Å². The maximum atomic E-state index is 5.51. The summed E-state index contributed by atoms with van der Waals surface area (Å²) in [5.74, 6) is 3.00. The lowest BCUT2D eigenvalue weighted by Crippen LogP contribution is -2.17.